The van der Waals surface area contributed by atoms with Crippen LogP contribution in [0.1, 0.15) is 29.7 Å². The lowest BCUT2D eigenvalue weighted by molar-refractivity contribution is 0.277. The molecule has 1 N–H and O–H groups in total. The van der Waals surface area contributed by atoms with E-state index in [0.29, 0.717) is 28.6 Å². The van der Waals surface area contributed by atoms with Gasteiger partial charge < -0.3 is 14.8 Å². The molecule has 0 fully saturated rings. The Morgan fingerprint density at radius 2 is 1.86 bits per heavy atom. The van der Waals surface area contributed by atoms with Gasteiger partial charge in [0.2, 0.25) is 0 Å². The monoisotopic (exact) mass is 477 g/mol. The molecule has 6 heteroatoms. The molecule has 3 rings (SSSR count). The maximum Gasteiger partial charge on any atom is 0.175 e. The molecule has 0 bridgehead atoms. The van der Waals surface area contributed by atoms with Crippen LogP contribution >= 0.6 is 27.5 Å². The highest BCUT2D eigenvalue weighted by atomic mass is 79.9. The van der Waals surface area contributed by atoms with E-state index in [1.807, 2.05) is 30.3 Å². The van der Waals surface area contributed by atoms with Crippen LogP contribution in [0.25, 0.3) is 0 Å². The highest BCUT2D eigenvalue weighted by molar-refractivity contribution is 9.10. The average molecular weight is 479 g/mol. The first-order valence-electron chi connectivity index (χ1n) is 9.20. The molecule has 0 saturated heterocycles. The van der Waals surface area contributed by atoms with Crippen molar-refractivity contribution in [3.05, 3.63) is 92.7 Å². The minimum atomic E-state index is -0.400. The number of halogens is 3. The van der Waals surface area contributed by atoms with E-state index in [0.717, 1.165) is 10.0 Å². The zero-order valence-corrected chi connectivity index (χ0v) is 18.6. The van der Waals surface area contributed by atoms with Crippen molar-refractivity contribution in [3.8, 4) is 11.5 Å². The van der Waals surface area contributed by atoms with Gasteiger partial charge in [-0.05, 0) is 58.2 Å². The number of hydrogen-bond acceptors (Lipinski definition) is 3. The first-order valence-corrected chi connectivity index (χ1v) is 10.4. The molecule has 3 nitrogen and oxygen atoms in total. The molecule has 0 aliphatic heterocycles. The van der Waals surface area contributed by atoms with Gasteiger partial charge in [-0.25, -0.2) is 4.39 Å². The second-order valence-corrected chi connectivity index (χ2v) is 7.87. The zero-order valence-electron chi connectivity index (χ0n) is 16.2. The normalized spacial score (nSPS) is 11.9. The maximum atomic E-state index is 14.0. The van der Waals surface area contributed by atoms with Crippen molar-refractivity contribution in [2.45, 2.75) is 26.1 Å². The highest BCUT2D eigenvalue weighted by Gasteiger charge is 2.15. The van der Waals surface area contributed by atoms with E-state index in [1.165, 1.54) is 11.6 Å². The van der Waals surface area contributed by atoms with E-state index < -0.39 is 5.82 Å². The number of nitrogens with one attached hydrogen (secondary N) is 1. The Morgan fingerprint density at radius 1 is 1.10 bits per heavy atom. The molecule has 29 heavy (non-hydrogen) atoms. The predicted molar refractivity (Wildman–Crippen MR) is 118 cm³/mol. The predicted octanol–water partition coefficient (Wildman–Crippen LogP) is 6.68. The van der Waals surface area contributed by atoms with Gasteiger partial charge in [-0.1, -0.05) is 48.0 Å². The highest BCUT2D eigenvalue weighted by Crippen LogP contribution is 2.38. The maximum absolute atomic E-state index is 14.0. The number of methoxy groups -OCH3 is 1. The number of rotatable bonds is 8. The van der Waals surface area contributed by atoms with Crippen molar-refractivity contribution in [2.75, 3.05) is 7.11 Å². The van der Waals surface area contributed by atoms with Crippen molar-refractivity contribution in [1.29, 1.82) is 0 Å². The summed E-state index contributed by atoms with van der Waals surface area (Å²) in [6, 6.07) is 18.9. The quantitative estimate of drug-likeness (QED) is 0.392. The number of hydrogen-bond donors (Lipinski definition) is 1. The second-order valence-electron chi connectivity index (χ2n) is 6.61. The topological polar surface area (TPSA) is 30.5 Å². The summed E-state index contributed by atoms with van der Waals surface area (Å²) in [6.45, 7) is 2.78. The Hall–Kier alpha value is -2.08. The standard InChI is InChI=1S/C23H22BrClFNO2/c1-15(17-7-4-3-5-8-17)27-13-16-11-19(24)23(22(12-16)28-2)29-14-18-20(25)9-6-10-21(18)26/h3-12,15,27H,13-14H2,1-2H3/t15-/m1/s1. The van der Waals surface area contributed by atoms with E-state index in [-0.39, 0.29) is 12.6 Å². The Kier molecular flexibility index (Phi) is 7.53. The number of ether oxygens (including phenoxy) is 2. The van der Waals surface area contributed by atoms with Crippen LogP contribution in [0.2, 0.25) is 5.02 Å². The van der Waals surface area contributed by atoms with Gasteiger partial charge in [-0.3, -0.25) is 0 Å². The van der Waals surface area contributed by atoms with Gasteiger partial charge in [0, 0.05) is 18.2 Å². The third kappa shape index (κ3) is 5.50. The molecule has 0 radical (unpaired) electrons. The Bertz CT molecular complexity index is 948. The van der Waals surface area contributed by atoms with Crippen molar-refractivity contribution >= 4 is 27.5 Å². The summed E-state index contributed by atoms with van der Waals surface area (Å²) in [4.78, 5) is 0. The van der Waals surface area contributed by atoms with Crippen LogP contribution < -0.4 is 14.8 Å². The third-order valence-corrected chi connectivity index (χ3v) is 5.57. The van der Waals surface area contributed by atoms with E-state index in [9.17, 15) is 4.39 Å². The van der Waals surface area contributed by atoms with Crippen molar-refractivity contribution < 1.29 is 13.9 Å². The van der Waals surface area contributed by atoms with Crippen LogP contribution in [-0.4, -0.2) is 7.11 Å². The fourth-order valence-corrected chi connectivity index (χ4v) is 3.78. The van der Waals surface area contributed by atoms with Gasteiger partial charge in [0.05, 0.1) is 16.6 Å². The number of benzene rings is 3. The molecule has 0 spiro atoms. The molecular formula is C23H22BrClFNO2. The summed E-state index contributed by atoms with van der Waals surface area (Å²) >= 11 is 9.63. The largest absolute Gasteiger partial charge is 0.493 e. The van der Waals surface area contributed by atoms with Gasteiger partial charge in [-0.15, -0.1) is 0 Å². The first-order chi connectivity index (χ1) is 14.0. The molecular weight excluding hydrogens is 457 g/mol. The summed E-state index contributed by atoms with van der Waals surface area (Å²) in [6.07, 6.45) is 0. The van der Waals surface area contributed by atoms with Gasteiger partial charge >= 0.3 is 0 Å². The van der Waals surface area contributed by atoms with Gasteiger partial charge in [-0.2, -0.15) is 0 Å². The average Bonchev–Trinajstić information content (AvgIpc) is 2.73. The molecule has 0 saturated carbocycles. The van der Waals surface area contributed by atoms with Crippen LogP contribution in [0.15, 0.2) is 65.1 Å². The van der Waals surface area contributed by atoms with Crippen LogP contribution in [0, 0.1) is 5.82 Å². The molecule has 0 aliphatic carbocycles. The molecule has 0 amide bonds. The molecule has 0 heterocycles. The lowest BCUT2D eigenvalue weighted by Gasteiger charge is -2.17. The fraction of sp³-hybridized carbons (Fsp3) is 0.217. The molecule has 152 valence electrons. The van der Waals surface area contributed by atoms with Crippen molar-refractivity contribution in [1.82, 2.24) is 5.32 Å². The molecule has 3 aromatic rings. The minimum absolute atomic E-state index is 0.00308. The molecule has 3 aromatic carbocycles. The molecule has 1 atom stereocenters. The molecule has 0 aromatic heterocycles. The van der Waals surface area contributed by atoms with Crippen LogP contribution in [-0.2, 0) is 13.2 Å². The summed E-state index contributed by atoms with van der Waals surface area (Å²) < 4.78 is 26.1. The summed E-state index contributed by atoms with van der Waals surface area (Å²) in [5.74, 6) is 0.672. The lowest BCUT2D eigenvalue weighted by atomic mass is 10.1. The Morgan fingerprint density at radius 3 is 2.55 bits per heavy atom. The van der Waals surface area contributed by atoms with Crippen LogP contribution in [0.4, 0.5) is 4.39 Å². The van der Waals surface area contributed by atoms with E-state index in [4.69, 9.17) is 21.1 Å². The first kappa shape index (κ1) is 21.6. The van der Waals surface area contributed by atoms with E-state index in [1.54, 1.807) is 19.2 Å². The van der Waals surface area contributed by atoms with Crippen molar-refractivity contribution in [2.24, 2.45) is 0 Å². The Labute approximate surface area is 183 Å². The molecule has 0 unspecified atom stereocenters. The van der Waals surface area contributed by atoms with Crippen LogP contribution in [0.5, 0.6) is 11.5 Å². The van der Waals surface area contributed by atoms with Gasteiger partial charge in [0.15, 0.2) is 11.5 Å². The van der Waals surface area contributed by atoms with Crippen LogP contribution in [0.3, 0.4) is 0 Å². The zero-order chi connectivity index (χ0) is 20.8. The fourth-order valence-electron chi connectivity index (χ4n) is 2.96. The SMILES string of the molecule is COc1cc(CN[C@H](C)c2ccccc2)cc(Br)c1OCc1c(F)cccc1Cl. The second kappa shape index (κ2) is 10.1. The van der Waals surface area contributed by atoms with Gasteiger partial charge in [0.1, 0.15) is 12.4 Å². The smallest absolute Gasteiger partial charge is 0.175 e. The summed E-state index contributed by atoms with van der Waals surface area (Å²) in [5.41, 5.74) is 2.57. The summed E-state index contributed by atoms with van der Waals surface area (Å²) in [5, 5.41) is 3.83. The third-order valence-electron chi connectivity index (χ3n) is 4.62. The van der Waals surface area contributed by atoms with E-state index in [2.05, 4.69) is 40.3 Å². The lowest BCUT2D eigenvalue weighted by Crippen LogP contribution is -2.18. The molecule has 0 aliphatic rings. The summed E-state index contributed by atoms with van der Waals surface area (Å²) in [7, 11) is 1.58. The minimum Gasteiger partial charge on any atom is -0.493 e. The Balaban J connectivity index is 1.72. The van der Waals surface area contributed by atoms with Crippen molar-refractivity contribution in [3.63, 3.8) is 0 Å². The van der Waals surface area contributed by atoms with E-state index >= 15 is 0 Å². The van der Waals surface area contributed by atoms with Gasteiger partial charge in [0.25, 0.3) is 0 Å².